The van der Waals surface area contributed by atoms with Gasteiger partial charge in [0.1, 0.15) is 6.33 Å². The molecule has 0 bridgehead atoms. The standard InChI is InChI=1S/C12H13BrN4S/c13-11-5-10(18-12-15-7-16-17-12)4-1-8(11)6-14-9-2-3-9/h1,4-5,7,9,14H,2-3,6H2,(H,15,16,17). The number of halogens is 1. The van der Waals surface area contributed by atoms with Crippen molar-refractivity contribution in [3.63, 3.8) is 0 Å². The molecular formula is C12H13BrN4S. The fourth-order valence-electron chi connectivity index (χ4n) is 1.63. The van der Waals surface area contributed by atoms with E-state index in [1.807, 2.05) is 0 Å². The number of benzene rings is 1. The number of H-pyrrole nitrogens is 1. The highest BCUT2D eigenvalue weighted by molar-refractivity contribution is 9.10. The molecule has 6 heteroatoms. The van der Waals surface area contributed by atoms with Crippen LogP contribution < -0.4 is 5.32 Å². The molecule has 2 N–H and O–H groups in total. The van der Waals surface area contributed by atoms with E-state index >= 15 is 0 Å². The Morgan fingerprint density at radius 2 is 2.33 bits per heavy atom. The van der Waals surface area contributed by atoms with E-state index in [0.717, 1.165) is 27.1 Å². The van der Waals surface area contributed by atoms with Crippen LogP contribution in [0.15, 0.2) is 39.1 Å². The highest BCUT2D eigenvalue weighted by Crippen LogP contribution is 2.29. The Morgan fingerprint density at radius 3 is 3.00 bits per heavy atom. The number of aromatic nitrogens is 3. The zero-order valence-corrected chi connectivity index (χ0v) is 12.1. The number of aromatic amines is 1. The number of rotatable bonds is 5. The highest BCUT2D eigenvalue weighted by Gasteiger charge is 2.20. The van der Waals surface area contributed by atoms with Crippen molar-refractivity contribution in [2.45, 2.75) is 35.5 Å². The summed E-state index contributed by atoms with van der Waals surface area (Å²) in [6, 6.07) is 7.12. The Kier molecular flexibility index (Phi) is 3.67. The van der Waals surface area contributed by atoms with Crippen LogP contribution in [0.2, 0.25) is 0 Å². The van der Waals surface area contributed by atoms with E-state index in [4.69, 9.17) is 0 Å². The first kappa shape index (κ1) is 12.2. The van der Waals surface area contributed by atoms with Gasteiger partial charge < -0.3 is 5.32 Å². The summed E-state index contributed by atoms with van der Waals surface area (Å²) in [6.45, 7) is 0.929. The first-order chi connectivity index (χ1) is 8.81. The molecule has 1 fully saturated rings. The van der Waals surface area contributed by atoms with Crippen molar-refractivity contribution in [1.29, 1.82) is 0 Å². The molecule has 0 aliphatic heterocycles. The van der Waals surface area contributed by atoms with Gasteiger partial charge in [-0.3, -0.25) is 5.10 Å². The van der Waals surface area contributed by atoms with Crippen molar-refractivity contribution >= 4 is 27.7 Å². The zero-order valence-electron chi connectivity index (χ0n) is 9.69. The second-order valence-corrected chi connectivity index (χ2v) is 6.22. The minimum Gasteiger partial charge on any atom is -0.310 e. The topological polar surface area (TPSA) is 53.6 Å². The van der Waals surface area contributed by atoms with Gasteiger partial charge in [0.25, 0.3) is 0 Å². The van der Waals surface area contributed by atoms with Gasteiger partial charge in [0.05, 0.1) is 0 Å². The van der Waals surface area contributed by atoms with Crippen LogP contribution >= 0.6 is 27.7 Å². The summed E-state index contributed by atoms with van der Waals surface area (Å²) in [5, 5.41) is 11.0. The lowest BCUT2D eigenvalue weighted by Gasteiger charge is -2.07. The van der Waals surface area contributed by atoms with Gasteiger partial charge in [0, 0.05) is 22.0 Å². The van der Waals surface area contributed by atoms with E-state index in [1.54, 1.807) is 11.8 Å². The molecule has 0 spiro atoms. The predicted octanol–water partition coefficient (Wildman–Crippen LogP) is 2.97. The van der Waals surface area contributed by atoms with Crippen LogP contribution in [0.3, 0.4) is 0 Å². The van der Waals surface area contributed by atoms with E-state index < -0.39 is 0 Å². The molecule has 3 rings (SSSR count). The van der Waals surface area contributed by atoms with Crippen LogP contribution in [0.25, 0.3) is 0 Å². The number of nitrogens with one attached hydrogen (secondary N) is 2. The molecular weight excluding hydrogens is 312 g/mol. The van der Waals surface area contributed by atoms with Gasteiger partial charge in [-0.25, -0.2) is 4.98 Å². The molecule has 1 saturated carbocycles. The van der Waals surface area contributed by atoms with E-state index in [9.17, 15) is 0 Å². The number of hydrogen-bond acceptors (Lipinski definition) is 4. The van der Waals surface area contributed by atoms with Crippen molar-refractivity contribution in [3.05, 3.63) is 34.6 Å². The fourth-order valence-corrected chi connectivity index (χ4v) is 3.04. The summed E-state index contributed by atoms with van der Waals surface area (Å²) in [6.07, 6.45) is 4.15. The van der Waals surface area contributed by atoms with Crippen LogP contribution in [-0.2, 0) is 6.54 Å². The van der Waals surface area contributed by atoms with E-state index in [0.29, 0.717) is 0 Å². The minimum atomic E-state index is 0.736. The molecule has 1 aromatic heterocycles. The molecule has 4 nitrogen and oxygen atoms in total. The van der Waals surface area contributed by atoms with Gasteiger partial charge in [-0.2, -0.15) is 5.10 Å². The average Bonchev–Trinajstić information content (AvgIpc) is 3.05. The Balaban J connectivity index is 1.67. The van der Waals surface area contributed by atoms with E-state index in [1.165, 1.54) is 24.7 Å². The molecule has 94 valence electrons. The average molecular weight is 325 g/mol. The monoisotopic (exact) mass is 324 g/mol. The van der Waals surface area contributed by atoms with Crippen LogP contribution in [-0.4, -0.2) is 21.2 Å². The zero-order chi connectivity index (χ0) is 12.4. The smallest absolute Gasteiger partial charge is 0.188 e. The van der Waals surface area contributed by atoms with Gasteiger partial charge in [-0.05, 0) is 30.5 Å². The maximum atomic E-state index is 4.10. The maximum absolute atomic E-state index is 4.10. The van der Waals surface area contributed by atoms with Crippen LogP contribution in [0.1, 0.15) is 18.4 Å². The summed E-state index contributed by atoms with van der Waals surface area (Å²) in [4.78, 5) is 5.25. The summed E-state index contributed by atoms with van der Waals surface area (Å²) in [5.41, 5.74) is 1.30. The van der Waals surface area contributed by atoms with Gasteiger partial charge in [0.15, 0.2) is 5.16 Å². The van der Waals surface area contributed by atoms with E-state index in [2.05, 4.69) is 54.6 Å². The second kappa shape index (κ2) is 5.42. The summed E-state index contributed by atoms with van der Waals surface area (Å²) in [7, 11) is 0. The number of hydrogen-bond donors (Lipinski definition) is 2. The van der Waals surface area contributed by atoms with Gasteiger partial charge in [-0.15, -0.1) is 0 Å². The third-order valence-corrected chi connectivity index (χ3v) is 4.41. The fraction of sp³-hybridized carbons (Fsp3) is 0.333. The third kappa shape index (κ3) is 3.13. The van der Waals surface area contributed by atoms with Crippen molar-refractivity contribution in [2.75, 3.05) is 0 Å². The Bertz CT molecular complexity index is 525. The molecule has 2 aromatic rings. The minimum absolute atomic E-state index is 0.736. The molecule has 1 heterocycles. The lowest BCUT2D eigenvalue weighted by atomic mass is 10.2. The lowest BCUT2D eigenvalue weighted by Crippen LogP contribution is -2.15. The van der Waals surface area contributed by atoms with Crippen molar-refractivity contribution < 1.29 is 0 Å². The van der Waals surface area contributed by atoms with Crippen LogP contribution in [0.4, 0.5) is 0 Å². The quantitative estimate of drug-likeness (QED) is 0.887. The first-order valence-electron chi connectivity index (χ1n) is 5.86. The summed E-state index contributed by atoms with van der Waals surface area (Å²) in [5.74, 6) is 0. The van der Waals surface area contributed by atoms with Crippen molar-refractivity contribution in [3.8, 4) is 0 Å². The van der Waals surface area contributed by atoms with Gasteiger partial charge in [0.2, 0.25) is 0 Å². The maximum Gasteiger partial charge on any atom is 0.188 e. The Labute approximate surface area is 118 Å². The summed E-state index contributed by atoms with van der Waals surface area (Å²) < 4.78 is 1.14. The molecule has 0 saturated heterocycles. The first-order valence-corrected chi connectivity index (χ1v) is 7.47. The molecule has 1 aliphatic carbocycles. The normalized spacial score (nSPS) is 14.9. The Morgan fingerprint density at radius 1 is 1.44 bits per heavy atom. The van der Waals surface area contributed by atoms with Crippen molar-refractivity contribution in [1.82, 2.24) is 20.5 Å². The molecule has 0 unspecified atom stereocenters. The molecule has 0 radical (unpaired) electrons. The van der Waals surface area contributed by atoms with Gasteiger partial charge >= 0.3 is 0 Å². The van der Waals surface area contributed by atoms with Crippen molar-refractivity contribution in [2.24, 2.45) is 0 Å². The SMILES string of the molecule is Brc1cc(Sc2ncn[nH]2)ccc1CNC1CC1. The predicted molar refractivity (Wildman–Crippen MR) is 74.5 cm³/mol. The lowest BCUT2D eigenvalue weighted by molar-refractivity contribution is 0.685. The largest absolute Gasteiger partial charge is 0.310 e. The van der Waals surface area contributed by atoms with E-state index in [-0.39, 0.29) is 0 Å². The van der Waals surface area contributed by atoms with Crippen LogP contribution in [0, 0.1) is 0 Å². The molecule has 1 aromatic carbocycles. The second-order valence-electron chi connectivity index (χ2n) is 4.30. The van der Waals surface area contributed by atoms with Gasteiger partial charge in [-0.1, -0.05) is 33.8 Å². The number of nitrogens with zero attached hydrogens (tertiary/aromatic N) is 2. The molecule has 0 atom stereocenters. The molecule has 1 aliphatic rings. The third-order valence-electron chi connectivity index (χ3n) is 2.79. The van der Waals surface area contributed by atoms with Crippen LogP contribution in [0.5, 0.6) is 0 Å². The molecule has 0 amide bonds. The highest BCUT2D eigenvalue weighted by atomic mass is 79.9. The summed E-state index contributed by atoms with van der Waals surface area (Å²) >= 11 is 5.20. The molecule has 18 heavy (non-hydrogen) atoms. The Hall–Kier alpha value is -0.850.